The second kappa shape index (κ2) is 12.5. The minimum absolute atomic E-state index is 0.0194. The third kappa shape index (κ3) is 6.86. The van der Waals surface area contributed by atoms with Gasteiger partial charge in [0.1, 0.15) is 17.3 Å². The Kier molecular flexibility index (Phi) is 9.21. The van der Waals surface area contributed by atoms with Crippen molar-refractivity contribution in [2.24, 2.45) is 5.92 Å². The van der Waals surface area contributed by atoms with Crippen LogP contribution in [0, 0.1) is 5.92 Å². The number of amides is 3. The van der Waals surface area contributed by atoms with Crippen molar-refractivity contribution in [2.45, 2.75) is 63.7 Å². The maximum absolute atomic E-state index is 13.6. The Hall–Kier alpha value is -4.30. The maximum Gasteiger partial charge on any atom is 0.518 e. The van der Waals surface area contributed by atoms with Crippen LogP contribution in [0.1, 0.15) is 50.5 Å². The fourth-order valence-electron chi connectivity index (χ4n) is 5.15. The molecule has 230 valence electrons. The van der Waals surface area contributed by atoms with Gasteiger partial charge in [-0.2, -0.15) is 0 Å². The number of nitrogens with zero attached hydrogens (tertiary/aromatic N) is 2. The summed E-state index contributed by atoms with van der Waals surface area (Å²) in [6.07, 6.45) is -2.21. The molecular weight excluding hydrogens is 559 g/mol. The molecule has 43 heavy (non-hydrogen) atoms. The average molecular weight is 595 g/mol. The van der Waals surface area contributed by atoms with Gasteiger partial charge in [0, 0.05) is 25.6 Å². The highest BCUT2D eigenvalue weighted by Crippen LogP contribution is 2.43. The number of fused-ring (bicyclic) bond motifs is 2. The quantitative estimate of drug-likeness (QED) is 0.318. The van der Waals surface area contributed by atoms with Crippen molar-refractivity contribution in [3.63, 3.8) is 0 Å². The summed E-state index contributed by atoms with van der Waals surface area (Å²) in [7, 11) is 3.00. The maximum atomic E-state index is 13.6. The summed E-state index contributed by atoms with van der Waals surface area (Å²) in [6.45, 7) is 1.76. The molecule has 0 aliphatic carbocycles. The lowest BCUT2D eigenvalue weighted by molar-refractivity contribution is -0.158. The highest BCUT2D eigenvalue weighted by atomic mass is 16.8. The van der Waals surface area contributed by atoms with E-state index >= 15 is 0 Å². The molecule has 2 unspecified atom stereocenters. The number of pyridine rings is 1. The van der Waals surface area contributed by atoms with Crippen molar-refractivity contribution in [1.29, 1.82) is 0 Å². The topological polar surface area (TPSA) is 173 Å². The van der Waals surface area contributed by atoms with Crippen molar-refractivity contribution in [3.05, 3.63) is 54.2 Å². The molecule has 14 heteroatoms. The molecule has 0 saturated carbocycles. The Labute approximate surface area is 249 Å². The Morgan fingerprint density at radius 3 is 2.35 bits per heavy atom. The van der Waals surface area contributed by atoms with Gasteiger partial charge < -0.3 is 34.6 Å². The summed E-state index contributed by atoms with van der Waals surface area (Å²) in [5.41, 5.74) is -0.549. The normalized spacial score (nSPS) is 23.0. The average Bonchev–Trinajstić information content (AvgIpc) is 3.15. The van der Waals surface area contributed by atoms with Crippen molar-refractivity contribution in [1.82, 2.24) is 20.5 Å². The summed E-state index contributed by atoms with van der Waals surface area (Å²) in [5.74, 6) is -5.09. The van der Waals surface area contributed by atoms with Crippen molar-refractivity contribution in [3.8, 4) is 11.3 Å². The molecule has 0 radical (unpaired) electrons. The van der Waals surface area contributed by atoms with Crippen molar-refractivity contribution in [2.75, 3.05) is 14.1 Å². The first-order valence-electron chi connectivity index (χ1n) is 14.1. The molecule has 2 aromatic rings. The van der Waals surface area contributed by atoms with Crippen LogP contribution in [0.2, 0.25) is 0 Å². The van der Waals surface area contributed by atoms with Crippen LogP contribution >= 0.6 is 0 Å². The minimum Gasteiger partial charge on any atom is -0.632 e. The number of hydrogen-bond acceptors (Lipinski definition) is 10. The fourth-order valence-corrected chi connectivity index (χ4v) is 5.15. The molecule has 5 atom stereocenters. The Morgan fingerprint density at radius 1 is 1.02 bits per heavy atom. The molecule has 1 aromatic carbocycles. The molecule has 2 saturated heterocycles. The predicted octanol–water partition coefficient (Wildman–Crippen LogP) is 0.974. The number of carbonyl (C=O) groups is 5. The summed E-state index contributed by atoms with van der Waals surface area (Å²) < 4.78 is 17.0. The van der Waals surface area contributed by atoms with Crippen LogP contribution in [-0.4, -0.2) is 89.2 Å². The molecule has 0 spiro atoms. The van der Waals surface area contributed by atoms with E-state index in [1.165, 1.54) is 32.0 Å². The van der Waals surface area contributed by atoms with Crippen LogP contribution in [0.5, 0.6) is 0 Å². The zero-order valence-corrected chi connectivity index (χ0v) is 24.7. The fraction of sp³-hybridized carbons (Fsp3) is 0.448. The van der Waals surface area contributed by atoms with Gasteiger partial charge in [-0.05, 0) is 25.0 Å². The van der Waals surface area contributed by atoms with E-state index in [1.807, 2.05) is 44.2 Å². The largest absolute Gasteiger partial charge is 0.632 e. The molecule has 1 aromatic heterocycles. The van der Waals surface area contributed by atoms with E-state index in [0.29, 0.717) is 5.69 Å². The van der Waals surface area contributed by atoms with Crippen LogP contribution in [-0.2, 0) is 33.1 Å². The second-order valence-corrected chi connectivity index (χ2v) is 11.6. The lowest BCUT2D eigenvalue weighted by Crippen LogP contribution is -2.67. The van der Waals surface area contributed by atoms with Crippen LogP contribution < -0.4 is 10.6 Å². The van der Waals surface area contributed by atoms with Crippen molar-refractivity contribution >= 4 is 36.4 Å². The lowest BCUT2D eigenvalue weighted by atomic mass is 9.64. The van der Waals surface area contributed by atoms with Gasteiger partial charge in [-0.3, -0.25) is 24.0 Å². The lowest BCUT2D eigenvalue weighted by Gasteiger charge is -2.46. The third-order valence-corrected chi connectivity index (χ3v) is 7.34. The van der Waals surface area contributed by atoms with Gasteiger partial charge in [0.2, 0.25) is 11.8 Å². The van der Waals surface area contributed by atoms with E-state index in [2.05, 4.69) is 15.6 Å². The van der Waals surface area contributed by atoms with Gasteiger partial charge >= 0.3 is 6.75 Å². The Bertz CT molecular complexity index is 1400. The standard InChI is InChI=1S/C29H36BN4O9/c1-17(2)14-22(30-41-24(37)16-29(43-30,28(40)42-30)15-23(36)34(4)5)32-27(39)25(18(3)35)33-26(38)21-13-9-12-20(31-21)19-10-7-6-8-11-19/h6-13,17-18,22,25,35H,14-16H2,1-5H3,(H,32,39)(H,33,38)/q-1/t18-,22?,25+,29-,30?/m1/s1. The van der Waals surface area contributed by atoms with E-state index in [9.17, 15) is 29.1 Å². The summed E-state index contributed by atoms with van der Waals surface area (Å²) >= 11 is 0. The summed E-state index contributed by atoms with van der Waals surface area (Å²) in [5, 5.41) is 15.7. The van der Waals surface area contributed by atoms with Crippen molar-refractivity contribution < 1.29 is 43.0 Å². The number of hydrogen-bond donors (Lipinski definition) is 3. The zero-order valence-electron chi connectivity index (χ0n) is 24.7. The Morgan fingerprint density at radius 2 is 1.72 bits per heavy atom. The molecule has 3 heterocycles. The van der Waals surface area contributed by atoms with E-state index in [1.54, 1.807) is 12.1 Å². The number of benzene rings is 1. The number of nitrogens with one attached hydrogen (secondary N) is 2. The number of carbonyl (C=O) groups excluding carboxylic acids is 5. The molecule has 2 bridgehead atoms. The number of rotatable bonds is 11. The molecular formula is C29H36BN4O9-. The predicted molar refractivity (Wildman–Crippen MR) is 154 cm³/mol. The minimum atomic E-state index is -3.22. The molecule has 3 amide bonds. The van der Waals surface area contributed by atoms with Gasteiger partial charge in [-0.15, -0.1) is 0 Å². The first kappa shape index (κ1) is 31.6. The first-order chi connectivity index (χ1) is 20.2. The molecule has 13 nitrogen and oxygen atoms in total. The molecule has 3 N–H and O–H groups in total. The zero-order chi connectivity index (χ0) is 31.5. The first-order valence-corrected chi connectivity index (χ1v) is 14.1. The number of aliphatic hydroxyl groups excluding tert-OH is 1. The molecule has 2 aliphatic heterocycles. The second-order valence-electron chi connectivity index (χ2n) is 11.6. The van der Waals surface area contributed by atoms with Crippen LogP contribution in [0.15, 0.2) is 48.5 Å². The van der Waals surface area contributed by atoms with Gasteiger partial charge in [0.15, 0.2) is 0 Å². The summed E-state index contributed by atoms with van der Waals surface area (Å²) in [6, 6.07) is 12.6. The third-order valence-electron chi connectivity index (χ3n) is 7.34. The van der Waals surface area contributed by atoms with E-state index in [-0.39, 0.29) is 18.0 Å². The van der Waals surface area contributed by atoms with Gasteiger partial charge in [0.25, 0.3) is 17.8 Å². The SMILES string of the molecule is CC(C)CC(NC(=O)[C@@H](NC(=O)c1cccc(-c2ccccc2)n1)[C@@H](C)O)[B-]12OC(=O)C[C@@](CC(=O)N(C)C)(O1)C(=O)O2. The van der Waals surface area contributed by atoms with Crippen LogP contribution in [0.3, 0.4) is 0 Å². The monoisotopic (exact) mass is 595 g/mol. The molecule has 2 aliphatic rings. The Balaban J connectivity index is 1.57. The van der Waals surface area contributed by atoms with Gasteiger partial charge in [-0.25, -0.2) is 4.98 Å². The number of aliphatic hydroxyl groups is 1. The van der Waals surface area contributed by atoms with Gasteiger partial charge in [0.05, 0.1) is 24.6 Å². The smallest absolute Gasteiger partial charge is 0.518 e. The number of aromatic nitrogens is 1. The van der Waals surface area contributed by atoms with Crippen LogP contribution in [0.4, 0.5) is 0 Å². The molecule has 2 fully saturated rings. The van der Waals surface area contributed by atoms with Crippen LogP contribution in [0.25, 0.3) is 11.3 Å². The summed E-state index contributed by atoms with van der Waals surface area (Å²) in [4.78, 5) is 70.7. The van der Waals surface area contributed by atoms with Gasteiger partial charge in [-0.1, -0.05) is 56.7 Å². The highest BCUT2D eigenvalue weighted by molar-refractivity contribution is 6.68. The highest BCUT2D eigenvalue weighted by Gasteiger charge is 2.64. The van der Waals surface area contributed by atoms with E-state index in [0.717, 1.165) is 5.56 Å². The van der Waals surface area contributed by atoms with E-state index < -0.39 is 72.9 Å². The molecule has 4 rings (SSSR count). The van der Waals surface area contributed by atoms with E-state index in [4.69, 9.17) is 14.0 Å².